The molecule has 5 heteroatoms. The molecule has 1 aromatic carbocycles. The van der Waals surface area contributed by atoms with Gasteiger partial charge in [-0.05, 0) is 25.1 Å². The van der Waals surface area contributed by atoms with Crippen LogP contribution >= 0.6 is 0 Å². The molecular weight excluding hydrogens is 266 g/mol. The van der Waals surface area contributed by atoms with Crippen molar-refractivity contribution in [3.8, 4) is 12.3 Å². The molecule has 0 aromatic heterocycles. The van der Waals surface area contributed by atoms with Gasteiger partial charge in [-0.15, -0.1) is 6.42 Å². The number of carbonyl (C=O) groups is 1. The maximum Gasteiger partial charge on any atom is 0.319 e. The van der Waals surface area contributed by atoms with Crippen LogP contribution in [0.5, 0.6) is 0 Å². The fraction of sp³-hybridized carbons (Fsp3) is 0.438. The number of hydrogen-bond acceptors (Lipinski definition) is 3. The number of terminal acetylenes is 1. The number of morpholine rings is 1. The van der Waals surface area contributed by atoms with Crippen molar-refractivity contribution in [2.75, 3.05) is 38.2 Å². The molecule has 112 valence electrons. The summed E-state index contributed by atoms with van der Waals surface area (Å²) in [6.07, 6.45) is 5.34. The second-order valence-corrected chi connectivity index (χ2v) is 5.06. The van der Waals surface area contributed by atoms with Gasteiger partial charge >= 0.3 is 6.03 Å². The van der Waals surface area contributed by atoms with Crippen LogP contribution in [0.3, 0.4) is 0 Å². The van der Waals surface area contributed by atoms with Crippen molar-refractivity contribution in [3.63, 3.8) is 0 Å². The molecule has 1 heterocycles. The highest BCUT2D eigenvalue weighted by Gasteiger charge is 2.17. The molecule has 0 aliphatic carbocycles. The Bertz CT molecular complexity index is 518. The van der Waals surface area contributed by atoms with Crippen molar-refractivity contribution in [1.29, 1.82) is 0 Å². The van der Waals surface area contributed by atoms with Crippen LogP contribution in [0.25, 0.3) is 0 Å². The Hall–Kier alpha value is -2.03. The first-order valence-corrected chi connectivity index (χ1v) is 7.12. The summed E-state index contributed by atoms with van der Waals surface area (Å²) in [4.78, 5) is 14.2. The van der Waals surface area contributed by atoms with Crippen LogP contribution in [0, 0.1) is 12.3 Å². The van der Waals surface area contributed by atoms with Gasteiger partial charge in [0.05, 0.1) is 13.2 Å². The van der Waals surface area contributed by atoms with Crippen LogP contribution in [0.4, 0.5) is 10.5 Å². The van der Waals surface area contributed by atoms with Crippen molar-refractivity contribution in [2.45, 2.75) is 13.0 Å². The van der Waals surface area contributed by atoms with E-state index in [-0.39, 0.29) is 12.1 Å². The van der Waals surface area contributed by atoms with Gasteiger partial charge in [0.25, 0.3) is 0 Å². The van der Waals surface area contributed by atoms with Gasteiger partial charge in [0, 0.05) is 36.9 Å². The van der Waals surface area contributed by atoms with Crippen molar-refractivity contribution < 1.29 is 9.53 Å². The largest absolute Gasteiger partial charge is 0.379 e. The molecule has 1 aliphatic heterocycles. The van der Waals surface area contributed by atoms with Crippen LogP contribution in [0.2, 0.25) is 0 Å². The third-order valence-corrected chi connectivity index (χ3v) is 3.51. The van der Waals surface area contributed by atoms with Gasteiger partial charge < -0.3 is 15.4 Å². The van der Waals surface area contributed by atoms with Gasteiger partial charge in [0.15, 0.2) is 0 Å². The maximum atomic E-state index is 11.9. The van der Waals surface area contributed by atoms with E-state index in [2.05, 4.69) is 28.4 Å². The van der Waals surface area contributed by atoms with Crippen LogP contribution in [-0.4, -0.2) is 49.8 Å². The second kappa shape index (κ2) is 7.67. The van der Waals surface area contributed by atoms with Gasteiger partial charge in [-0.25, -0.2) is 4.79 Å². The fourth-order valence-corrected chi connectivity index (χ4v) is 2.25. The molecule has 0 unspecified atom stereocenters. The number of benzene rings is 1. The Balaban J connectivity index is 1.77. The van der Waals surface area contributed by atoms with E-state index >= 15 is 0 Å². The molecule has 2 rings (SSSR count). The first-order valence-electron chi connectivity index (χ1n) is 7.12. The molecule has 2 amide bonds. The first kappa shape index (κ1) is 15.4. The quantitative estimate of drug-likeness (QED) is 0.825. The predicted molar refractivity (Wildman–Crippen MR) is 83.3 cm³/mol. The van der Waals surface area contributed by atoms with Crippen molar-refractivity contribution in [1.82, 2.24) is 10.2 Å². The molecule has 21 heavy (non-hydrogen) atoms. The van der Waals surface area contributed by atoms with E-state index in [4.69, 9.17) is 11.2 Å². The number of ether oxygens (including phenoxy) is 1. The Kier molecular flexibility index (Phi) is 5.61. The van der Waals surface area contributed by atoms with Crippen LogP contribution in [0.15, 0.2) is 24.3 Å². The number of anilines is 1. The van der Waals surface area contributed by atoms with E-state index in [1.54, 1.807) is 6.07 Å². The Morgan fingerprint density at radius 3 is 2.95 bits per heavy atom. The number of urea groups is 1. The fourth-order valence-electron chi connectivity index (χ4n) is 2.25. The summed E-state index contributed by atoms with van der Waals surface area (Å²) in [5.74, 6) is 2.54. The summed E-state index contributed by atoms with van der Waals surface area (Å²) < 4.78 is 5.32. The highest BCUT2D eigenvalue weighted by atomic mass is 16.5. The van der Waals surface area contributed by atoms with Crippen LogP contribution in [0.1, 0.15) is 12.5 Å². The lowest BCUT2D eigenvalue weighted by atomic mass is 10.2. The minimum atomic E-state index is -0.218. The first-order chi connectivity index (χ1) is 10.2. The third kappa shape index (κ3) is 4.78. The molecule has 2 N–H and O–H groups in total. The standard InChI is InChI=1S/C16H21N3O2/c1-3-14-5-4-6-15(11-14)18-16(20)17-12-13(2)19-7-9-21-10-8-19/h1,4-6,11,13H,7-10,12H2,2H3,(H2,17,18,20)/t13-/m0/s1. The smallest absolute Gasteiger partial charge is 0.319 e. The number of amides is 2. The SMILES string of the molecule is C#Cc1cccc(NC(=O)NC[C@H](C)N2CCOCC2)c1. The Morgan fingerprint density at radius 2 is 2.24 bits per heavy atom. The molecule has 0 bridgehead atoms. The molecule has 5 nitrogen and oxygen atoms in total. The lowest BCUT2D eigenvalue weighted by Crippen LogP contribution is -2.47. The highest BCUT2D eigenvalue weighted by Crippen LogP contribution is 2.09. The molecule has 1 fully saturated rings. The number of nitrogens with one attached hydrogen (secondary N) is 2. The summed E-state index contributed by atoms with van der Waals surface area (Å²) in [5, 5.41) is 5.67. The van der Waals surface area contributed by atoms with E-state index < -0.39 is 0 Å². The molecule has 0 saturated carbocycles. The van der Waals surface area contributed by atoms with Crippen molar-refractivity contribution in [3.05, 3.63) is 29.8 Å². The molecular formula is C16H21N3O2. The van der Waals surface area contributed by atoms with E-state index in [1.165, 1.54) is 0 Å². The minimum absolute atomic E-state index is 0.218. The van der Waals surface area contributed by atoms with Gasteiger partial charge in [-0.1, -0.05) is 12.0 Å². The molecule has 1 aromatic rings. The normalized spacial score (nSPS) is 16.8. The average molecular weight is 287 g/mol. The lowest BCUT2D eigenvalue weighted by Gasteiger charge is -2.32. The number of carbonyl (C=O) groups excluding carboxylic acids is 1. The number of nitrogens with zero attached hydrogens (tertiary/aromatic N) is 1. The second-order valence-electron chi connectivity index (χ2n) is 5.06. The zero-order valence-corrected chi connectivity index (χ0v) is 12.3. The summed E-state index contributed by atoms with van der Waals surface area (Å²) in [7, 11) is 0. The summed E-state index contributed by atoms with van der Waals surface area (Å²) in [6, 6.07) is 7.29. The maximum absolute atomic E-state index is 11.9. The summed E-state index contributed by atoms with van der Waals surface area (Å²) >= 11 is 0. The molecule has 1 atom stereocenters. The summed E-state index contributed by atoms with van der Waals surface area (Å²) in [5.41, 5.74) is 1.44. The predicted octanol–water partition coefficient (Wildman–Crippen LogP) is 1.51. The van der Waals surface area contributed by atoms with E-state index in [1.807, 2.05) is 18.2 Å². The van der Waals surface area contributed by atoms with E-state index in [9.17, 15) is 4.79 Å². The van der Waals surface area contributed by atoms with E-state index in [0.717, 1.165) is 31.9 Å². The average Bonchev–Trinajstić information content (AvgIpc) is 2.53. The number of hydrogen-bond donors (Lipinski definition) is 2. The molecule has 1 saturated heterocycles. The molecule has 0 radical (unpaired) electrons. The van der Waals surface area contributed by atoms with Crippen LogP contribution < -0.4 is 10.6 Å². The highest BCUT2D eigenvalue weighted by molar-refractivity contribution is 5.89. The zero-order valence-electron chi connectivity index (χ0n) is 12.3. The van der Waals surface area contributed by atoms with Crippen molar-refractivity contribution in [2.24, 2.45) is 0 Å². The van der Waals surface area contributed by atoms with Crippen LogP contribution in [-0.2, 0) is 4.74 Å². The zero-order chi connectivity index (χ0) is 15.1. The minimum Gasteiger partial charge on any atom is -0.379 e. The van der Waals surface area contributed by atoms with Gasteiger partial charge in [0.1, 0.15) is 0 Å². The topological polar surface area (TPSA) is 53.6 Å². The van der Waals surface area contributed by atoms with Gasteiger partial charge in [-0.2, -0.15) is 0 Å². The third-order valence-electron chi connectivity index (χ3n) is 3.51. The Labute approximate surface area is 125 Å². The lowest BCUT2D eigenvalue weighted by molar-refractivity contribution is 0.0209. The molecule has 1 aliphatic rings. The van der Waals surface area contributed by atoms with Gasteiger partial charge in [0.2, 0.25) is 0 Å². The van der Waals surface area contributed by atoms with Crippen molar-refractivity contribution >= 4 is 11.7 Å². The number of rotatable bonds is 4. The monoisotopic (exact) mass is 287 g/mol. The Morgan fingerprint density at radius 1 is 1.48 bits per heavy atom. The van der Waals surface area contributed by atoms with Gasteiger partial charge in [-0.3, -0.25) is 4.90 Å². The molecule has 0 spiro atoms. The summed E-state index contributed by atoms with van der Waals surface area (Å²) in [6.45, 7) is 6.04. The van der Waals surface area contributed by atoms with E-state index in [0.29, 0.717) is 12.2 Å².